The summed E-state index contributed by atoms with van der Waals surface area (Å²) >= 11 is 12.1. The van der Waals surface area contributed by atoms with Gasteiger partial charge < -0.3 is 5.73 Å². The van der Waals surface area contributed by atoms with Crippen LogP contribution in [0.3, 0.4) is 0 Å². The Kier molecular flexibility index (Phi) is 3.48. The highest BCUT2D eigenvalue weighted by Gasteiger charge is 2.32. The van der Waals surface area contributed by atoms with Gasteiger partial charge in [-0.05, 0) is 31.2 Å². The molecule has 1 saturated carbocycles. The molecular formula is C8H15Cl2N. The molecule has 4 unspecified atom stereocenters. The molecule has 0 aromatic heterocycles. The van der Waals surface area contributed by atoms with Crippen LogP contribution in [0.15, 0.2) is 0 Å². The first kappa shape index (κ1) is 9.63. The Balaban J connectivity index is 2.52. The molecule has 66 valence electrons. The molecule has 0 bridgehead atoms. The Bertz CT molecular complexity index is 117. The number of alkyl halides is 2. The van der Waals surface area contributed by atoms with Crippen LogP contribution in [0.25, 0.3) is 0 Å². The van der Waals surface area contributed by atoms with Crippen molar-refractivity contribution in [1.29, 1.82) is 0 Å². The molecule has 11 heavy (non-hydrogen) atoms. The minimum Gasteiger partial charge on any atom is -0.330 e. The first-order valence-corrected chi connectivity index (χ1v) is 5.00. The van der Waals surface area contributed by atoms with Gasteiger partial charge in [-0.2, -0.15) is 0 Å². The third-order valence-corrected chi connectivity index (χ3v) is 3.43. The van der Waals surface area contributed by atoms with Gasteiger partial charge in [-0.1, -0.05) is 6.92 Å². The van der Waals surface area contributed by atoms with Gasteiger partial charge in [0.1, 0.15) is 0 Å². The monoisotopic (exact) mass is 195 g/mol. The van der Waals surface area contributed by atoms with Crippen LogP contribution in [-0.2, 0) is 0 Å². The molecule has 0 aromatic rings. The highest BCUT2D eigenvalue weighted by molar-refractivity contribution is 6.24. The Labute approximate surface area is 78.2 Å². The molecule has 0 radical (unpaired) electrons. The van der Waals surface area contributed by atoms with Gasteiger partial charge in [0.25, 0.3) is 0 Å². The van der Waals surface area contributed by atoms with E-state index in [1.165, 1.54) is 0 Å². The van der Waals surface area contributed by atoms with Gasteiger partial charge in [-0.25, -0.2) is 0 Å². The predicted molar refractivity (Wildman–Crippen MR) is 50.2 cm³/mol. The van der Waals surface area contributed by atoms with Crippen LogP contribution in [0.4, 0.5) is 0 Å². The molecule has 1 aliphatic rings. The first-order valence-electron chi connectivity index (χ1n) is 4.13. The quantitative estimate of drug-likeness (QED) is 0.639. The van der Waals surface area contributed by atoms with Gasteiger partial charge in [-0.3, -0.25) is 0 Å². The summed E-state index contributed by atoms with van der Waals surface area (Å²) in [6.07, 6.45) is 1.97. The lowest BCUT2D eigenvalue weighted by molar-refractivity contribution is 0.273. The summed E-state index contributed by atoms with van der Waals surface area (Å²) in [5, 5.41) is 0.446. The molecule has 1 aliphatic carbocycles. The van der Waals surface area contributed by atoms with E-state index in [1.54, 1.807) is 0 Å². The van der Waals surface area contributed by atoms with Crippen LogP contribution in [0.2, 0.25) is 0 Å². The zero-order chi connectivity index (χ0) is 8.43. The fraction of sp³-hybridized carbons (Fsp3) is 1.00. The number of nitrogens with two attached hydrogens (primary N) is 1. The smallest absolute Gasteiger partial charge is 0.0392 e. The maximum absolute atomic E-state index is 6.11. The van der Waals surface area contributed by atoms with Crippen molar-refractivity contribution in [2.75, 3.05) is 6.54 Å². The summed E-state index contributed by atoms with van der Waals surface area (Å²) in [5.74, 6) is 1.05. The Morgan fingerprint density at radius 3 is 2.45 bits per heavy atom. The van der Waals surface area contributed by atoms with Crippen molar-refractivity contribution in [3.8, 4) is 0 Å². The zero-order valence-corrected chi connectivity index (χ0v) is 8.28. The Hall–Kier alpha value is 0.540. The van der Waals surface area contributed by atoms with E-state index < -0.39 is 0 Å². The average Bonchev–Trinajstić information content (AvgIpc) is 1.85. The summed E-state index contributed by atoms with van der Waals surface area (Å²) in [5.41, 5.74) is 5.60. The summed E-state index contributed by atoms with van der Waals surface area (Å²) < 4.78 is 0. The van der Waals surface area contributed by atoms with Crippen molar-refractivity contribution in [3.05, 3.63) is 0 Å². The van der Waals surface area contributed by atoms with Gasteiger partial charge in [-0.15, -0.1) is 23.2 Å². The molecule has 0 heterocycles. The zero-order valence-electron chi connectivity index (χ0n) is 6.76. The lowest BCUT2D eigenvalue weighted by atomic mass is 9.80. The molecule has 0 amide bonds. The van der Waals surface area contributed by atoms with Crippen LogP contribution in [-0.4, -0.2) is 17.3 Å². The van der Waals surface area contributed by atoms with E-state index in [-0.39, 0.29) is 10.8 Å². The van der Waals surface area contributed by atoms with Gasteiger partial charge in [0, 0.05) is 10.8 Å². The number of hydrogen-bond acceptors (Lipinski definition) is 1. The van der Waals surface area contributed by atoms with Crippen molar-refractivity contribution in [1.82, 2.24) is 0 Å². The third-order valence-electron chi connectivity index (χ3n) is 2.58. The maximum Gasteiger partial charge on any atom is 0.0392 e. The van der Waals surface area contributed by atoms with E-state index in [0.29, 0.717) is 18.4 Å². The Morgan fingerprint density at radius 1 is 1.36 bits per heavy atom. The van der Waals surface area contributed by atoms with Gasteiger partial charge in [0.2, 0.25) is 0 Å². The molecule has 0 aromatic carbocycles. The van der Waals surface area contributed by atoms with Crippen LogP contribution in [0.1, 0.15) is 19.8 Å². The van der Waals surface area contributed by atoms with Crippen LogP contribution in [0.5, 0.6) is 0 Å². The van der Waals surface area contributed by atoms with Crippen molar-refractivity contribution in [3.63, 3.8) is 0 Å². The van der Waals surface area contributed by atoms with Crippen molar-refractivity contribution in [2.45, 2.75) is 30.5 Å². The summed E-state index contributed by atoms with van der Waals surface area (Å²) in [7, 11) is 0. The van der Waals surface area contributed by atoms with Crippen LogP contribution >= 0.6 is 23.2 Å². The largest absolute Gasteiger partial charge is 0.330 e. The van der Waals surface area contributed by atoms with Crippen LogP contribution in [0, 0.1) is 11.8 Å². The first-order chi connectivity index (χ1) is 5.15. The van der Waals surface area contributed by atoms with Gasteiger partial charge in [0.05, 0.1) is 0 Å². The topological polar surface area (TPSA) is 26.0 Å². The normalized spacial score (nSPS) is 45.8. The van der Waals surface area contributed by atoms with Crippen molar-refractivity contribution >= 4 is 23.2 Å². The molecule has 4 atom stereocenters. The molecule has 0 spiro atoms. The van der Waals surface area contributed by atoms with E-state index in [4.69, 9.17) is 28.9 Å². The Morgan fingerprint density at radius 2 is 2.00 bits per heavy atom. The number of halogens is 2. The lowest BCUT2D eigenvalue weighted by Crippen LogP contribution is -2.37. The van der Waals surface area contributed by atoms with E-state index in [0.717, 1.165) is 12.8 Å². The van der Waals surface area contributed by atoms with Gasteiger partial charge in [0.15, 0.2) is 0 Å². The summed E-state index contributed by atoms with van der Waals surface area (Å²) in [4.78, 5) is 0. The highest BCUT2D eigenvalue weighted by Crippen LogP contribution is 2.35. The highest BCUT2D eigenvalue weighted by atomic mass is 35.5. The molecular weight excluding hydrogens is 181 g/mol. The third kappa shape index (κ3) is 2.24. The molecule has 0 aliphatic heterocycles. The molecule has 1 fully saturated rings. The summed E-state index contributed by atoms with van der Waals surface area (Å²) in [6, 6.07) is 0. The number of hydrogen-bond donors (Lipinski definition) is 1. The van der Waals surface area contributed by atoms with E-state index >= 15 is 0 Å². The van der Waals surface area contributed by atoms with Crippen LogP contribution < -0.4 is 5.73 Å². The van der Waals surface area contributed by atoms with E-state index in [2.05, 4.69) is 6.92 Å². The van der Waals surface area contributed by atoms with E-state index in [9.17, 15) is 0 Å². The minimum atomic E-state index is 0.186. The standard InChI is InChI=1S/C8H15Cl2N/c1-5-2-6(9)3-8(10)7(5)4-11/h5-8H,2-4,11H2,1H3. The minimum absolute atomic E-state index is 0.186. The van der Waals surface area contributed by atoms with Gasteiger partial charge >= 0.3 is 0 Å². The fourth-order valence-corrected chi connectivity index (χ4v) is 2.96. The second-order valence-electron chi connectivity index (χ2n) is 3.46. The number of rotatable bonds is 1. The molecule has 3 heteroatoms. The molecule has 1 nitrogen and oxygen atoms in total. The molecule has 2 N–H and O–H groups in total. The second-order valence-corrected chi connectivity index (χ2v) is 4.64. The van der Waals surface area contributed by atoms with Crippen molar-refractivity contribution in [2.24, 2.45) is 17.6 Å². The predicted octanol–water partition coefficient (Wildman–Crippen LogP) is 2.21. The average molecular weight is 196 g/mol. The molecule has 0 saturated heterocycles. The maximum atomic E-state index is 6.11. The van der Waals surface area contributed by atoms with Crippen molar-refractivity contribution < 1.29 is 0 Å². The molecule has 1 rings (SSSR count). The fourth-order valence-electron chi connectivity index (χ4n) is 1.83. The van der Waals surface area contributed by atoms with E-state index in [1.807, 2.05) is 0 Å². The summed E-state index contributed by atoms with van der Waals surface area (Å²) in [6.45, 7) is 2.88. The SMILES string of the molecule is CC1CC(Cl)CC(Cl)C1CN. The second kappa shape index (κ2) is 3.97. The lowest BCUT2D eigenvalue weighted by Gasteiger charge is -2.34.